The van der Waals surface area contributed by atoms with Crippen molar-refractivity contribution in [3.05, 3.63) is 29.8 Å². The fraction of sp³-hybridized carbons (Fsp3) is 0.417. The second kappa shape index (κ2) is 5.77. The van der Waals surface area contributed by atoms with Crippen molar-refractivity contribution in [1.29, 1.82) is 0 Å². The third-order valence-electron chi connectivity index (χ3n) is 2.61. The summed E-state index contributed by atoms with van der Waals surface area (Å²) in [6.45, 7) is 1.75. The van der Waals surface area contributed by atoms with Crippen molar-refractivity contribution < 1.29 is 23.0 Å². The molecule has 2 rings (SSSR count). The first kappa shape index (κ1) is 12.8. The van der Waals surface area contributed by atoms with Gasteiger partial charge in [-0.05, 0) is 12.1 Å². The average molecular weight is 257 g/mol. The van der Waals surface area contributed by atoms with E-state index >= 15 is 0 Å². The molecular weight excluding hydrogens is 244 g/mol. The molecule has 0 atom stereocenters. The van der Waals surface area contributed by atoms with Crippen molar-refractivity contribution >= 4 is 5.91 Å². The summed E-state index contributed by atoms with van der Waals surface area (Å²) < 4.78 is 36.0. The Hall–Kier alpha value is -1.69. The van der Waals surface area contributed by atoms with Crippen molar-refractivity contribution in [2.24, 2.45) is 0 Å². The lowest BCUT2D eigenvalue weighted by Crippen LogP contribution is -2.43. The van der Waals surface area contributed by atoms with Gasteiger partial charge in [0.05, 0.1) is 13.2 Å². The number of hydrogen-bond acceptors (Lipinski definition) is 3. The number of carbonyl (C=O) groups excluding carboxylic acids is 1. The molecule has 0 N–H and O–H groups in total. The van der Waals surface area contributed by atoms with Gasteiger partial charge in [0.25, 0.3) is 5.91 Å². The van der Waals surface area contributed by atoms with Crippen molar-refractivity contribution in [3.63, 3.8) is 0 Å². The van der Waals surface area contributed by atoms with E-state index in [2.05, 4.69) is 0 Å². The minimum absolute atomic E-state index is 0.127. The molecule has 98 valence electrons. The summed E-state index contributed by atoms with van der Waals surface area (Å²) >= 11 is 0. The van der Waals surface area contributed by atoms with Crippen molar-refractivity contribution in [2.45, 2.75) is 0 Å². The lowest BCUT2D eigenvalue weighted by atomic mass is 10.3. The summed E-state index contributed by atoms with van der Waals surface area (Å²) in [6.07, 6.45) is 0. The lowest BCUT2D eigenvalue weighted by Gasteiger charge is -2.26. The van der Waals surface area contributed by atoms with Gasteiger partial charge >= 0.3 is 0 Å². The highest BCUT2D eigenvalue weighted by Crippen LogP contribution is 2.17. The van der Waals surface area contributed by atoms with Crippen LogP contribution in [0.15, 0.2) is 18.2 Å². The third-order valence-corrected chi connectivity index (χ3v) is 2.61. The first-order valence-corrected chi connectivity index (χ1v) is 5.60. The van der Waals surface area contributed by atoms with Crippen LogP contribution in [0.1, 0.15) is 0 Å². The van der Waals surface area contributed by atoms with Crippen molar-refractivity contribution in [2.75, 3.05) is 32.9 Å². The van der Waals surface area contributed by atoms with E-state index in [9.17, 15) is 13.6 Å². The van der Waals surface area contributed by atoms with Crippen LogP contribution in [0, 0.1) is 11.6 Å². The van der Waals surface area contributed by atoms with Gasteiger partial charge in [0.2, 0.25) is 0 Å². The van der Waals surface area contributed by atoms with Crippen LogP contribution in [0.5, 0.6) is 5.75 Å². The maximum absolute atomic E-state index is 13.2. The molecule has 1 amide bonds. The second-order valence-electron chi connectivity index (χ2n) is 3.86. The number of hydrogen-bond donors (Lipinski definition) is 0. The van der Waals surface area contributed by atoms with Gasteiger partial charge in [-0.15, -0.1) is 0 Å². The van der Waals surface area contributed by atoms with E-state index in [-0.39, 0.29) is 18.3 Å². The summed E-state index contributed by atoms with van der Waals surface area (Å²) in [5.74, 6) is -1.86. The smallest absolute Gasteiger partial charge is 0.260 e. The maximum atomic E-state index is 13.2. The molecule has 1 aromatic carbocycles. The van der Waals surface area contributed by atoms with E-state index in [1.54, 1.807) is 4.90 Å². The van der Waals surface area contributed by atoms with E-state index in [0.29, 0.717) is 32.4 Å². The Labute approximate surface area is 103 Å². The molecule has 0 radical (unpaired) electrons. The van der Waals surface area contributed by atoms with Crippen LogP contribution < -0.4 is 4.74 Å². The largest absolute Gasteiger partial charge is 0.481 e. The van der Waals surface area contributed by atoms with E-state index < -0.39 is 11.6 Å². The van der Waals surface area contributed by atoms with Crippen LogP contribution >= 0.6 is 0 Å². The van der Waals surface area contributed by atoms with Crippen LogP contribution in [0.4, 0.5) is 8.78 Å². The Kier molecular flexibility index (Phi) is 4.09. The van der Waals surface area contributed by atoms with Gasteiger partial charge in [0.15, 0.2) is 18.2 Å². The quantitative estimate of drug-likeness (QED) is 0.816. The number of morpholine rings is 1. The second-order valence-corrected chi connectivity index (χ2v) is 3.86. The van der Waals surface area contributed by atoms with Gasteiger partial charge in [-0.25, -0.2) is 8.78 Å². The van der Waals surface area contributed by atoms with Crippen LogP contribution in [-0.2, 0) is 9.53 Å². The number of benzene rings is 1. The zero-order chi connectivity index (χ0) is 13.0. The van der Waals surface area contributed by atoms with Crippen molar-refractivity contribution in [3.8, 4) is 5.75 Å². The number of rotatable bonds is 3. The molecule has 0 bridgehead atoms. The first-order valence-electron chi connectivity index (χ1n) is 5.60. The van der Waals surface area contributed by atoms with Gasteiger partial charge in [-0.2, -0.15) is 0 Å². The van der Waals surface area contributed by atoms with E-state index in [4.69, 9.17) is 9.47 Å². The van der Waals surface area contributed by atoms with Gasteiger partial charge < -0.3 is 14.4 Å². The molecular formula is C12H13F2NO3. The highest BCUT2D eigenvalue weighted by molar-refractivity contribution is 5.77. The molecule has 18 heavy (non-hydrogen) atoms. The normalized spacial score (nSPS) is 15.6. The number of amides is 1. The Morgan fingerprint density at radius 3 is 2.72 bits per heavy atom. The Morgan fingerprint density at radius 2 is 2.06 bits per heavy atom. The van der Waals surface area contributed by atoms with Gasteiger partial charge in [0.1, 0.15) is 5.82 Å². The highest BCUT2D eigenvalue weighted by Gasteiger charge is 2.17. The molecule has 1 heterocycles. The molecule has 1 aromatic rings. The van der Waals surface area contributed by atoms with Crippen LogP contribution in [0.2, 0.25) is 0 Å². The molecule has 0 spiro atoms. The highest BCUT2D eigenvalue weighted by atomic mass is 19.1. The maximum Gasteiger partial charge on any atom is 0.260 e. The topological polar surface area (TPSA) is 38.8 Å². The summed E-state index contributed by atoms with van der Waals surface area (Å²) in [7, 11) is 0. The molecule has 1 aliphatic heterocycles. The number of halogens is 2. The van der Waals surface area contributed by atoms with Gasteiger partial charge in [0, 0.05) is 19.2 Å². The summed E-state index contributed by atoms with van der Waals surface area (Å²) in [5.41, 5.74) is 0. The third kappa shape index (κ3) is 3.16. The first-order chi connectivity index (χ1) is 8.66. The molecule has 1 aliphatic rings. The van der Waals surface area contributed by atoms with E-state index in [1.165, 1.54) is 0 Å². The Bertz CT molecular complexity index is 433. The number of carbonyl (C=O) groups is 1. The van der Waals surface area contributed by atoms with E-state index in [0.717, 1.165) is 12.1 Å². The Morgan fingerprint density at radius 1 is 1.33 bits per heavy atom. The zero-order valence-corrected chi connectivity index (χ0v) is 9.70. The monoisotopic (exact) mass is 257 g/mol. The number of ether oxygens (including phenoxy) is 2. The predicted octanol–water partition coefficient (Wildman–Crippen LogP) is 1.20. The SMILES string of the molecule is O=C(COc1ccc(F)cc1F)N1CCOCC1. The van der Waals surface area contributed by atoms with Gasteiger partial charge in [-0.1, -0.05) is 0 Å². The lowest BCUT2D eigenvalue weighted by molar-refractivity contribution is -0.137. The molecule has 4 nitrogen and oxygen atoms in total. The summed E-state index contributed by atoms with van der Waals surface area (Å²) in [4.78, 5) is 13.3. The molecule has 1 saturated heterocycles. The molecule has 0 aromatic heterocycles. The molecule has 0 unspecified atom stereocenters. The molecule has 6 heteroatoms. The fourth-order valence-electron chi connectivity index (χ4n) is 1.64. The summed E-state index contributed by atoms with van der Waals surface area (Å²) in [5, 5.41) is 0. The number of nitrogens with zero attached hydrogens (tertiary/aromatic N) is 1. The average Bonchev–Trinajstić information content (AvgIpc) is 2.38. The van der Waals surface area contributed by atoms with E-state index in [1.807, 2.05) is 0 Å². The molecule has 0 saturated carbocycles. The zero-order valence-electron chi connectivity index (χ0n) is 9.70. The Balaban J connectivity index is 1.88. The van der Waals surface area contributed by atoms with Crippen LogP contribution in [0.25, 0.3) is 0 Å². The molecule has 1 fully saturated rings. The predicted molar refractivity (Wildman–Crippen MR) is 59.3 cm³/mol. The minimum atomic E-state index is -0.815. The van der Waals surface area contributed by atoms with Gasteiger partial charge in [-0.3, -0.25) is 4.79 Å². The van der Waals surface area contributed by atoms with Crippen LogP contribution in [0.3, 0.4) is 0 Å². The standard InChI is InChI=1S/C12H13F2NO3/c13-9-1-2-11(10(14)7-9)18-8-12(16)15-3-5-17-6-4-15/h1-2,7H,3-6,8H2. The summed E-state index contributed by atoms with van der Waals surface area (Å²) in [6, 6.07) is 2.96. The molecule has 0 aliphatic carbocycles. The minimum Gasteiger partial charge on any atom is -0.481 e. The fourth-order valence-corrected chi connectivity index (χ4v) is 1.64. The van der Waals surface area contributed by atoms with Crippen LogP contribution in [-0.4, -0.2) is 43.7 Å². The van der Waals surface area contributed by atoms with Crippen molar-refractivity contribution in [1.82, 2.24) is 4.90 Å².